The van der Waals surface area contributed by atoms with Gasteiger partial charge in [-0.15, -0.1) is 11.8 Å². The standard InChI is InChI=1S/C21H26FN3O2S2/c1-23-20(25-15-21(10-11-21)28-19-6-4-3-5-7-19)24-13-17-12-18(22)9-8-16(17)14-29(2,26)27/h3-9,12H,10-11,13-15H2,1-2H3,(H2,23,24,25). The molecule has 1 aliphatic rings. The number of sulfone groups is 1. The van der Waals surface area contributed by atoms with E-state index in [0.29, 0.717) is 23.6 Å². The molecular formula is C21H26FN3O2S2. The third kappa shape index (κ3) is 6.75. The van der Waals surface area contributed by atoms with Gasteiger partial charge in [-0.25, -0.2) is 12.8 Å². The molecule has 0 aromatic heterocycles. The molecule has 0 heterocycles. The van der Waals surface area contributed by atoms with Gasteiger partial charge in [-0.3, -0.25) is 4.99 Å². The lowest BCUT2D eigenvalue weighted by molar-refractivity contribution is 0.599. The molecule has 0 atom stereocenters. The minimum atomic E-state index is -3.21. The summed E-state index contributed by atoms with van der Waals surface area (Å²) in [5, 5.41) is 6.52. The highest BCUT2D eigenvalue weighted by molar-refractivity contribution is 8.01. The van der Waals surface area contributed by atoms with Gasteiger partial charge >= 0.3 is 0 Å². The molecule has 1 aliphatic carbocycles. The average molecular weight is 436 g/mol. The molecule has 0 bridgehead atoms. The summed E-state index contributed by atoms with van der Waals surface area (Å²) in [5.41, 5.74) is 1.20. The minimum Gasteiger partial charge on any atom is -0.355 e. The van der Waals surface area contributed by atoms with Crippen molar-refractivity contribution in [2.24, 2.45) is 4.99 Å². The molecule has 0 aliphatic heterocycles. The number of benzene rings is 2. The van der Waals surface area contributed by atoms with Crippen molar-refractivity contribution in [1.82, 2.24) is 10.6 Å². The largest absolute Gasteiger partial charge is 0.355 e. The summed E-state index contributed by atoms with van der Waals surface area (Å²) in [5.74, 6) is 0.102. The number of aliphatic imine (C=N–C) groups is 1. The average Bonchev–Trinajstić information content (AvgIpc) is 3.43. The number of nitrogens with zero attached hydrogens (tertiary/aromatic N) is 1. The van der Waals surface area contributed by atoms with Crippen molar-refractivity contribution < 1.29 is 12.8 Å². The SMILES string of the molecule is CN=C(NCc1cc(F)ccc1CS(C)(=O)=O)NCC1(Sc2ccccc2)CC1. The summed E-state index contributed by atoms with van der Waals surface area (Å²) in [6, 6.07) is 14.5. The lowest BCUT2D eigenvalue weighted by atomic mass is 10.1. The summed E-state index contributed by atoms with van der Waals surface area (Å²) in [6.45, 7) is 1.06. The summed E-state index contributed by atoms with van der Waals surface area (Å²) in [7, 11) is -1.52. The van der Waals surface area contributed by atoms with Gasteiger partial charge in [0.2, 0.25) is 0 Å². The number of hydrogen-bond acceptors (Lipinski definition) is 4. The first-order valence-corrected chi connectivity index (χ1v) is 12.3. The zero-order valence-corrected chi connectivity index (χ0v) is 18.2. The Morgan fingerprint density at radius 1 is 1.14 bits per heavy atom. The van der Waals surface area contributed by atoms with Crippen LogP contribution in [0.3, 0.4) is 0 Å². The number of guanidine groups is 1. The first kappa shape index (κ1) is 21.6. The van der Waals surface area contributed by atoms with Crippen LogP contribution in [0.2, 0.25) is 0 Å². The maximum absolute atomic E-state index is 13.7. The predicted molar refractivity (Wildman–Crippen MR) is 117 cm³/mol. The van der Waals surface area contributed by atoms with Crippen LogP contribution >= 0.6 is 11.8 Å². The van der Waals surface area contributed by atoms with Crippen molar-refractivity contribution in [3.05, 3.63) is 65.5 Å². The van der Waals surface area contributed by atoms with Crippen molar-refractivity contribution in [3.8, 4) is 0 Å². The first-order valence-electron chi connectivity index (χ1n) is 9.42. The first-order chi connectivity index (χ1) is 13.8. The molecule has 156 valence electrons. The summed E-state index contributed by atoms with van der Waals surface area (Å²) < 4.78 is 37.1. The highest BCUT2D eigenvalue weighted by Gasteiger charge is 2.43. The Morgan fingerprint density at radius 3 is 2.48 bits per heavy atom. The van der Waals surface area contributed by atoms with E-state index in [-0.39, 0.29) is 10.5 Å². The van der Waals surface area contributed by atoms with Crippen LogP contribution in [0.5, 0.6) is 0 Å². The van der Waals surface area contributed by atoms with Crippen molar-refractivity contribution in [3.63, 3.8) is 0 Å². The Hall–Kier alpha value is -2.06. The highest BCUT2D eigenvalue weighted by Crippen LogP contribution is 2.51. The van der Waals surface area contributed by atoms with Gasteiger partial charge in [0.25, 0.3) is 0 Å². The van der Waals surface area contributed by atoms with Crippen LogP contribution in [0.1, 0.15) is 24.0 Å². The highest BCUT2D eigenvalue weighted by atomic mass is 32.2. The number of nitrogens with one attached hydrogen (secondary N) is 2. The molecule has 1 fully saturated rings. The second-order valence-corrected chi connectivity index (χ2v) is 11.0. The smallest absolute Gasteiger partial charge is 0.191 e. The second kappa shape index (κ2) is 9.17. The molecule has 5 nitrogen and oxygen atoms in total. The molecule has 2 aromatic rings. The maximum atomic E-state index is 13.7. The monoisotopic (exact) mass is 435 g/mol. The topological polar surface area (TPSA) is 70.6 Å². The zero-order valence-electron chi connectivity index (χ0n) is 16.6. The van der Waals surface area contributed by atoms with E-state index >= 15 is 0 Å². The normalized spacial score (nSPS) is 15.8. The van der Waals surface area contributed by atoms with Gasteiger partial charge in [0.15, 0.2) is 15.8 Å². The summed E-state index contributed by atoms with van der Waals surface area (Å²) in [4.78, 5) is 5.49. The van der Waals surface area contributed by atoms with Gasteiger partial charge < -0.3 is 10.6 Å². The molecule has 0 saturated heterocycles. The quantitative estimate of drug-likeness (QED) is 0.492. The second-order valence-electron chi connectivity index (χ2n) is 7.36. The molecule has 0 unspecified atom stereocenters. The molecule has 29 heavy (non-hydrogen) atoms. The Labute approximate surface area is 176 Å². The van der Waals surface area contributed by atoms with Crippen LogP contribution in [0.15, 0.2) is 58.4 Å². The molecule has 2 N–H and O–H groups in total. The fourth-order valence-corrected chi connectivity index (χ4v) is 5.11. The van der Waals surface area contributed by atoms with E-state index in [1.54, 1.807) is 7.05 Å². The van der Waals surface area contributed by atoms with Gasteiger partial charge in [-0.2, -0.15) is 0 Å². The van der Waals surface area contributed by atoms with E-state index in [4.69, 9.17) is 0 Å². The van der Waals surface area contributed by atoms with Gasteiger partial charge in [0.1, 0.15) is 5.82 Å². The van der Waals surface area contributed by atoms with Gasteiger partial charge in [0, 0.05) is 36.0 Å². The number of halogens is 1. The Morgan fingerprint density at radius 2 is 1.86 bits per heavy atom. The lowest BCUT2D eigenvalue weighted by Gasteiger charge is -2.19. The molecule has 0 spiro atoms. The van der Waals surface area contributed by atoms with E-state index in [0.717, 1.165) is 19.4 Å². The third-order valence-corrected chi connectivity index (χ3v) is 7.05. The molecular weight excluding hydrogens is 409 g/mol. The molecule has 1 saturated carbocycles. The van der Waals surface area contributed by atoms with Crippen LogP contribution in [-0.2, 0) is 22.1 Å². The van der Waals surface area contributed by atoms with Gasteiger partial charge in [-0.1, -0.05) is 24.3 Å². The molecule has 8 heteroatoms. The summed E-state index contributed by atoms with van der Waals surface area (Å²) in [6.07, 6.45) is 3.45. The van der Waals surface area contributed by atoms with Gasteiger partial charge in [0.05, 0.1) is 5.75 Å². The van der Waals surface area contributed by atoms with Crippen LogP contribution in [-0.4, -0.2) is 39.0 Å². The van der Waals surface area contributed by atoms with E-state index in [2.05, 4.69) is 27.8 Å². The minimum absolute atomic E-state index is 0.118. The number of hydrogen-bond donors (Lipinski definition) is 2. The Bertz CT molecular complexity index is 975. The van der Waals surface area contributed by atoms with Crippen LogP contribution in [0.25, 0.3) is 0 Å². The van der Waals surface area contributed by atoms with Gasteiger partial charge in [-0.05, 0) is 48.2 Å². The number of rotatable bonds is 8. The Balaban J connectivity index is 1.58. The fraction of sp³-hybridized carbons (Fsp3) is 0.381. The van der Waals surface area contributed by atoms with Crippen molar-refractivity contribution in [2.75, 3.05) is 19.8 Å². The molecule has 0 amide bonds. The van der Waals surface area contributed by atoms with Crippen LogP contribution in [0, 0.1) is 5.82 Å². The van der Waals surface area contributed by atoms with E-state index in [9.17, 15) is 12.8 Å². The molecule has 0 radical (unpaired) electrons. The van der Waals surface area contributed by atoms with E-state index in [1.165, 1.54) is 29.4 Å². The molecule has 3 rings (SSSR count). The van der Waals surface area contributed by atoms with Crippen LogP contribution < -0.4 is 10.6 Å². The van der Waals surface area contributed by atoms with Crippen molar-refractivity contribution >= 4 is 27.6 Å². The lowest BCUT2D eigenvalue weighted by Crippen LogP contribution is -2.40. The van der Waals surface area contributed by atoms with Crippen LogP contribution in [0.4, 0.5) is 4.39 Å². The third-order valence-electron chi connectivity index (χ3n) is 4.72. The van der Waals surface area contributed by atoms with E-state index < -0.39 is 15.7 Å². The fourth-order valence-electron chi connectivity index (χ4n) is 3.02. The van der Waals surface area contributed by atoms with Crippen molar-refractivity contribution in [1.29, 1.82) is 0 Å². The molecule has 2 aromatic carbocycles. The predicted octanol–water partition coefficient (Wildman–Crippen LogP) is 3.36. The van der Waals surface area contributed by atoms with Crippen molar-refractivity contribution in [2.45, 2.75) is 34.8 Å². The zero-order chi connectivity index (χ0) is 20.9. The number of thioether (sulfide) groups is 1. The maximum Gasteiger partial charge on any atom is 0.191 e. The Kier molecular flexibility index (Phi) is 6.85. The van der Waals surface area contributed by atoms with E-state index in [1.807, 2.05) is 30.0 Å². The summed E-state index contributed by atoms with van der Waals surface area (Å²) >= 11 is 1.87.